The van der Waals surface area contributed by atoms with E-state index in [-0.39, 0.29) is 24.8 Å². The summed E-state index contributed by atoms with van der Waals surface area (Å²) in [4.78, 5) is 0. The molecule has 5 rings (SSSR count). The molecule has 152 valence electrons. The zero-order valence-corrected chi connectivity index (χ0v) is 21.0. The molecule has 0 amide bonds. The summed E-state index contributed by atoms with van der Waals surface area (Å²) in [5.41, 5.74) is 5.51. The van der Waals surface area contributed by atoms with Gasteiger partial charge in [-0.2, -0.15) is 42.0 Å². The van der Waals surface area contributed by atoms with Gasteiger partial charge in [0.15, 0.2) is 0 Å². The van der Waals surface area contributed by atoms with Gasteiger partial charge in [-0.15, -0.1) is 43.2 Å². The van der Waals surface area contributed by atoms with E-state index in [0.717, 1.165) is 19.3 Å². The van der Waals surface area contributed by atoms with Crippen LogP contribution in [0, 0.1) is 18.2 Å². The van der Waals surface area contributed by atoms with Crippen molar-refractivity contribution < 1.29 is 24.2 Å². The average Bonchev–Trinajstić information content (AvgIpc) is 3.45. The number of hydrogen-bond donors (Lipinski definition) is 0. The van der Waals surface area contributed by atoms with Crippen molar-refractivity contribution in [2.24, 2.45) is 0 Å². The van der Waals surface area contributed by atoms with Crippen LogP contribution in [-0.2, 0) is 30.7 Å². The number of allylic oxidation sites excluding steroid dienone is 8. The molecule has 3 aliphatic carbocycles. The fraction of sp³-hybridized carbons (Fsp3) is 0.192. The predicted molar refractivity (Wildman–Crippen MR) is 128 cm³/mol. The number of hydrogen-bond acceptors (Lipinski definition) is 0. The minimum Gasteiger partial charge on any atom is -0.273 e. The standard InChI is InChI=1S/C13H9.2C5H5.C3H6.2ClH.Zr/c1-3-7-12-10(5-1)9-11-6-2-4-8-13(11)12;2*1-2-4-5-3-1;1-3-2;;;/h1-5,7-8H,9H2;2*1-3H,4H2;1-2H3;2*1H;/q3*-1;;;;. The van der Waals surface area contributed by atoms with Gasteiger partial charge in [0.25, 0.3) is 0 Å². The monoisotopic (exact) mass is 499 g/mol. The molecule has 0 nitrogen and oxygen atoms in total. The second-order valence-electron chi connectivity index (χ2n) is 6.40. The Kier molecular flexibility index (Phi) is 15.8. The van der Waals surface area contributed by atoms with Crippen LogP contribution in [0.25, 0.3) is 11.1 Å². The molecular formula is C26H27Cl2Zr-3. The van der Waals surface area contributed by atoms with E-state index in [2.05, 4.69) is 80.6 Å². The minimum absolute atomic E-state index is 0. The van der Waals surface area contributed by atoms with Gasteiger partial charge in [0, 0.05) is 0 Å². The van der Waals surface area contributed by atoms with E-state index in [1.807, 2.05) is 30.4 Å². The van der Waals surface area contributed by atoms with Crippen molar-refractivity contribution in [3.05, 3.63) is 108 Å². The normalized spacial score (nSPS) is 12.4. The maximum atomic E-state index is 3.30. The van der Waals surface area contributed by atoms with Crippen LogP contribution in [-0.4, -0.2) is 3.21 Å². The van der Waals surface area contributed by atoms with E-state index >= 15 is 0 Å². The Morgan fingerprint density at radius 3 is 1.86 bits per heavy atom. The Labute approximate surface area is 203 Å². The van der Waals surface area contributed by atoms with Crippen LogP contribution >= 0.6 is 24.8 Å². The summed E-state index contributed by atoms with van der Waals surface area (Å²) >= 11 is 1.55. The van der Waals surface area contributed by atoms with E-state index in [4.69, 9.17) is 0 Å². The van der Waals surface area contributed by atoms with Gasteiger partial charge in [-0.1, -0.05) is 35.4 Å². The molecule has 0 heterocycles. The Morgan fingerprint density at radius 1 is 0.828 bits per heavy atom. The van der Waals surface area contributed by atoms with Gasteiger partial charge in [-0.25, -0.2) is 24.3 Å². The molecule has 0 unspecified atom stereocenters. The maximum absolute atomic E-state index is 3.30. The van der Waals surface area contributed by atoms with Gasteiger partial charge in [-0.05, 0) is 6.42 Å². The summed E-state index contributed by atoms with van der Waals surface area (Å²) in [6, 6.07) is 18.1. The SMILES string of the molecule is C[C](C)=[Zr].Cl.Cl.[C-]1=CC=CC1.[C-]1=CC=CC1.[c-]1cccc2c1Cc1ccccc1-2. The molecule has 0 atom stereocenters. The third kappa shape index (κ3) is 10.9. The molecular weight excluding hydrogens is 474 g/mol. The van der Waals surface area contributed by atoms with Crippen LogP contribution in [0.15, 0.2) is 78.9 Å². The summed E-state index contributed by atoms with van der Waals surface area (Å²) in [6.07, 6.45) is 21.0. The van der Waals surface area contributed by atoms with Gasteiger partial charge in [-0.3, -0.25) is 12.2 Å². The molecule has 0 aromatic heterocycles. The van der Waals surface area contributed by atoms with Gasteiger partial charge >= 0.3 is 41.3 Å². The van der Waals surface area contributed by atoms with Crippen molar-refractivity contribution in [3.63, 3.8) is 0 Å². The Morgan fingerprint density at radius 2 is 1.38 bits per heavy atom. The minimum atomic E-state index is 0. The van der Waals surface area contributed by atoms with Crippen LogP contribution in [0.5, 0.6) is 0 Å². The third-order valence-electron chi connectivity index (χ3n) is 3.79. The molecule has 0 N–H and O–H groups in total. The van der Waals surface area contributed by atoms with Crippen LogP contribution < -0.4 is 0 Å². The fourth-order valence-electron chi connectivity index (χ4n) is 2.68. The smallest absolute Gasteiger partial charge is 0.0253 e. The van der Waals surface area contributed by atoms with Crippen molar-refractivity contribution in [1.29, 1.82) is 0 Å². The Bertz CT molecular complexity index is 771. The Balaban J connectivity index is 0.000000413. The molecule has 2 aromatic rings. The van der Waals surface area contributed by atoms with E-state index in [1.165, 1.54) is 25.5 Å². The second kappa shape index (κ2) is 16.5. The molecule has 0 bridgehead atoms. The first-order chi connectivity index (χ1) is 13.2. The van der Waals surface area contributed by atoms with Crippen LogP contribution in [0.4, 0.5) is 0 Å². The quantitative estimate of drug-likeness (QED) is 0.285. The van der Waals surface area contributed by atoms with Crippen molar-refractivity contribution in [1.82, 2.24) is 0 Å². The first-order valence-corrected chi connectivity index (χ1v) is 10.4. The summed E-state index contributed by atoms with van der Waals surface area (Å²) in [5.74, 6) is 0. The molecule has 0 aliphatic heterocycles. The van der Waals surface area contributed by atoms with Gasteiger partial charge in [0.2, 0.25) is 0 Å². The van der Waals surface area contributed by atoms with Crippen molar-refractivity contribution in [3.8, 4) is 11.1 Å². The van der Waals surface area contributed by atoms with Gasteiger partial charge in [0.1, 0.15) is 0 Å². The summed E-state index contributed by atoms with van der Waals surface area (Å²) in [6.45, 7) is 4.25. The van der Waals surface area contributed by atoms with E-state index < -0.39 is 0 Å². The first-order valence-electron chi connectivity index (χ1n) is 9.21. The van der Waals surface area contributed by atoms with Crippen molar-refractivity contribution >= 4 is 28.0 Å². The molecule has 0 fully saturated rings. The molecule has 0 saturated carbocycles. The maximum Gasteiger partial charge on any atom is -0.0253 e. The summed E-state index contributed by atoms with van der Waals surface area (Å²) in [5, 5.41) is 0. The van der Waals surface area contributed by atoms with Gasteiger partial charge in [0.05, 0.1) is 0 Å². The van der Waals surface area contributed by atoms with E-state index in [0.29, 0.717) is 0 Å². The number of halogens is 2. The zero-order chi connectivity index (χ0) is 19.3. The molecule has 3 heteroatoms. The van der Waals surface area contributed by atoms with Crippen molar-refractivity contribution in [2.75, 3.05) is 0 Å². The average molecular weight is 502 g/mol. The molecule has 0 spiro atoms. The first kappa shape index (κ1) is 27.7. The van der Waals surface area contributed by atoms with Crippen LogP contribution in [0.3, 0.4) is 0 Å². The molecule has 2 aromatic carbocycles. The van der Waals surface area contributed by atoms with Crippen LogP contribution in [0.2, 0.25) is 0 Å². The van der Waals surface area contributed by atoms with Gasteiger partial charge < -0.3 is 0 Å². The molecule has 0 radical (unpaired) electrons. The second-order valence-corrected chi connectivity index (χ2v) is 8.86. The summed E-state index contributed by atoms with van der Waals surface area (Å²) < 4.78 is 1.51. The molecule has 3 aliphatic rings. The largest absolute Gasteiger partial charge is 0.273 e. The zero-order valence-electron chi connectivity index (χ0n) is 16.9. The molecule has 29 heavy (non-hydrogen) atoms. The predicted octanol–water partition coefficient (Wildman–Crippen LogP) is 7.26. The fourth-order valence-corrected chi connectivity index (χ4v) is 2.68. The molecule has 0 saturated heterocycles. The topological polar surface area (TPSA) is 0 Å². The number of fused-ring (bicyclic) bond motifs is 3. The van der Waals surface area contributed by atoms with Crippen molar-refractivity contribution in [2.45, 2.75) is 33.1 Å². The van der Waals surface area contributed by atoms with E-state index in [9.17, 15) is 0 Å². The summed E-state index contributed by atoms with van der Waals surface area (Å²) in [7, 11) is 0. The number of benzene rings is 2. The number of rotatable bonds is 0. The third-order valence-corrected chi connectivity index (χ3v) is 3.79. The van der Waals surface area contributed by atoms with Crippen LogP contribution in [0.1, 0.15) is 37.8 Å². The van der Waals surface area contributed by atoms with E-state index in [1.54, 1.807) is 24.2 Å². The Hall–Kier alpha value is -1.27.